The molecule has 1 aromatic heterocycles. The Labute approximate surface area is 113 Å². The molecule has 0 aliphatic heterocycles. The molecule has 20 heavy (non-hydrogen) atoms. The van der Waals surface area contributed by atoms with Crippen LogP contribution in [0.4, 0.5) is 19.0 Å². The van der Waals surface area contributed by atoms with Crippen LogP contribution in [0.3, 0.4) is 0 Å². The molecule has 1 heterocycles. The van der Waals surface area contributed by atoms with Crippen molar-refractivity contribution in [3.8, 4) is 0 Å². The molecule has 104 valence electrons. The highest BCUT2D eigenvalue weighted by molar-refractivity contribution is 6.12. The van der Waals surface area contributed by atoms with Crippen molar-refractivity contribution in [1.29, 1.82) is 0 Å². The van der Waals surface area contributed by atoms with Crippen LogP contribution in [0.2, 0.25) is 0 Å². The second-order valence-corrected chi connectivity index (χ2v) is 4.30. The van der Waals surface area contributed by atoms with Crippen molar-refractivity contribution in [1.82, 2.24) is 4.98 Å². The number of anilines is 1. The predicted octanol–water partition coefficient (Wildman–Crippen LogP) is 3.22. The van der Waals surface area contributed by atoms with Crippen LogP contribution in [0.15, 0.2) is 36.5 Å². The van der Waals surface area contributed by atoms with Crippen LogP contribution in [0.5, 0.6) is 0 Å². The molecular weight excluding hydrogens is 269 g/mol. The van der Waals surface area contributed by atoms with Crippen molar-refractivity contribution in [2.24, 2.45) is 0 Å². The summed E-state index contributed by atoms with van der Waals surface area (Å²) in [7, 11) is 0. The smallest absolute Gasteiger partial charge is 0.383 e. The Morgan fingerprint density at radius 2 is 1.95 bits per heavy atom. The number of benzene rings is 1. The molecule has 2 aromatic rings. The molecule has 0 bridgehead atoms. The minimum Gasteiger partial charge on any atom is -0.383 e. The summed E-state index contributed by atoms with van der Waals surface area (Å²) in [6, 6.07) is 5.82. The lowest BCUT2D eigenvalue weighted by Crippen LogP contribution is -2.11. The maximum absolute atomic E-state index is 12.6. The van der Waals surface area contributed by atoms with Gasteiger partial charge in [0.1, 0.15) is 5.82 Å². The van der Waals surface area contributed by atoms with E-state index in [1.165, 1.54) is 18.3 Å². The number of carbonyl (C=O) groups excluding carboxylic acids is 1. The zero-order chi connectivity index (χ0) is 14.9. The van der Waals surface area contributed by atoms with E-state index in [-0.39, 0.29) is 16.9 Å². The van der Waals surface area contributed by atoms with Gasteiger partial charge in [0.05, 0.1) is 11.1 Å². The highest BCUT2D eigenvalue weighted by atomic mass is 19.4. The summed E-state index contributed by atoms with van der Waals surface area (Å²) in [6.45, 7) is 1.65. The van der Waals surface area contributed by atoms with Gasteiger partial charge in [0, 0.05) is 11.8 Å². The minimum atomic E-state index is -4.49. The number of aryl methyl sites for hydroxylation is 1. The Kier molecular flexibility index (Phi) is 3.48. The fourth-order valence-electron chi connectivity index (χ4n) is 1.86. The molecule has 6 heteroatoms. The molecule has 2 N–H and O–H groups in total. The normalized spacial score (nSPS) is 11.4. The van der Waals surface area contributed by atoms with Gasteiger partial charge in [-0.15, -0.1) is 0 Å². The van der Waals surface area contributed by atoms with Crippen LogP contribution < -0.4 is 5.73 Å². The number of rotatable bonds is 2. The molecule has 0 aliphatic carbocycles. The topological polar surface area (TPSA) is 56.0 Å². The highest BCUT2D eigenvalue weighted by Crippen LogP contribution is 2.30. The Morgan fingerprint density at radius 3 is 2.55 bits per heavy atom. The number of alkyl halides is 3. The number of halogens is 3. The molecule has 0 saturated heterocycles. The molecule has 0 atom stereocenters. The molecule has 0 unspecified atom stereocenters. The van der Waals surface area contributed by atoms with Crippen molar-refractivity contribution in [2.45, 2.75) is 13.1 Å². The summed E-state index contributed by atoms with van der Waals surface area (Å²) >= 11 is 0. The first-order valence-electron chi connectivity index (χ1n) is 5.73. The number of hydrogen-bond acceptors (Lipinski definition) is 3. The number of hydrogen-bond donors (Lipinski definition) is 1. The van der Waals surface area contributed by atoms with Crippen LogP contribution in [0.1, 0.15) is 27.0 Å². The van der Waals surface area contributed by atoms with E-state index in [1.54, 1.807) is 13.0 Å². The first kappa shape index (κ1) is 14.0. The van der Waals surface area contributed by atoms with E-state index >= 15 is 0 Å². The molecule has 0 fully saturated rings. The molecular formula is C14H11F3N2O. The van der Waals surface area contributed by atoms with Gasteiger partial charge in [-0.05, 0) is 30.7 Å². The number of nitrogens with zero attached hydrogens (tertiary/aromatic N) is 1. The maximum atomic E-state index is 12.6. The highest BCUT2D eigenvalue weighted by Gasteiger charge is 2.31. The van der Waals surface area contributed by atoms with Gasteiger partial charge in [0.15, 0.2) is 5.78 Å². The quantitative estimate of drug-likeness (QED) is 0.859. The van der Waals surface area contributed by atoms with E-state index in [4.69, 9.17) is 5.73 Å². The number of carbonyl (C=O) groups is 1. The molecule has 1 aromatic carbocycles. The molecule has 0 aliphatic rings. The van der Waals surface area contributed by atoms with Crippen LogP contribution in [0, 0.1) is 6.92 Å². The summed E-state index contributed by atoms with van der Waals surface area (Å²) in [4.78, 5) is 16.1. The fourth-order valence-corrected chi connectivity index (χ4v) is 1.86. The summed E-state index contributed by atoms with van der Waals surface area (Å²) in [6.07, 6.45) is -3.06. The summed E-state index contributed by atoms with van der Waals surface area (Å²) in [5, 5.41) is 0. The SMILES string of the molecule is Cc1ccnc(N)c1C(=O)c1cccc(C(F)(F)F)c1. The van der Waals surface area contributed by atoms with E-state index in [9.17, 15) is 18.0 Å². The van der Waals surface area contributed by atoms with Crippen molar-refractivity contribution < 1.29 is 18.0 Å². The zero-order valence-corrected chi connectivity index (χ0v) is 10.5. The van der Waals surface area contributed by atoms with Gasteiger partial charge in [-0.3, -0.25) is 4.79 Å². The maximum Gasteiger partial charge on any atom is 0.416 e. The van der Waals surface area contributed by atoms with Crippen LogP contribution >= 0.6 is 0 Å². The fraction of sp³-hybridized carbons (Fsp3) is 0.143. The van der Waals surface area contributed by atoms with E-state index in [2.05, 4.69) is 4.98 Å². The molecule has 3 nitrogen and oxygen atoms in total. The molecule has 0 amide bonds. The standard InChI is InChI=1S/C14H11F3N2O/c1-8-5-6-19-13(18)11(8)12(20)9-3-2-4-10(7-9)14(15,16)17/h2-7H,1H3,(H2,18,19). The van der Waals surface area contributed by atoms with Crippen LogP contribution in [0.25, 0.3) is 0 Å². The molecule has 0 radical (unpaired) electrons. The third-order valence-electron chi connectivity index (χ3n) is 2.87. The van der Waals surface area contributed by atoms with E-state index in [0.29, 0.717) is 5.56 Å². The Bertz CT molecular complexity index is 645. The minimum absolute atomic E-state index is 0.00686. The first-order valence-corrected chi connectivity index (χ1v) is 5.73. The van der Waals surface area contributed by atoms with Crippen LogP contribution in [-0.4, -0.2) is 10.8 Å². The lowest BCUT2D eigenvalue weighted by molar-refractivity contribution is -0.137. The summed E-state index contributed by atoms with van der Waals surface area (Å²) in [5.41, 5.74) is 5.39. The predicted molar refractivity (Wildman–Crippen MR) is 68.3 cm³/mol. The number of ketones is 1. The number of nitrogens with two attached hydrogens (primary N) is 1. The second kappa shape index (κ2) is 4.96. The van der Waals surface area contributed by atoms with Gasteiger partial charge in [0.2, 0.25) is 0 Å². The van der Waals surface area contributed by atoms with Gasteiger partial charge >= 0.3 is 6.18 Å². The number of nitrogen functional groups attached to an aromatic ring is 1. The van der Waals surface area contributed by atoms with Crippen LogP contribution in [-0.2, 0) is 6.18 Å². The van der Waals surface area contributed by atoms with Gasteiger partial charge in [-0.25, -0.2) is 4.98 Å². The average Bonchev–Trinajstić information content (AvgIpc) is 2.37. The van der Waals surface area contributed by atoms with Crippen molar-refractivity contribution in [3.63, 3.8) is 0 Å². The summed E-state index contributed by atoms with van der Waals surface area (Å²) in [5.74, 6) is -0.563. The van der Waals surface area contributed by atoms with Crippen molar-refractivity contribution in [2.75, 3.05) is 5.73 Å². The Balaban J connectivity index is 2.50. The molecule has 0 saturated carbocycles. The van der Waals surface area contributed by atoms with Gasteiger partial charge in [-0.2, -0.15) is 13.2 Å². The number of aromatic nitrogens is 1. The zero-order valence-electron chi connectivity index (χ0n) is 10.5. The number of pyridine rings is 1. The lowest BCUT2D eigenvalue weighted by Gasteiger charge is -2.10. The van der Waals surface area contributed by atoms with Crippen molar-refractivity contribution in [3.05, 3.63) is 58.8 Å². The largest absolute Gasteiger partial charge is 0.416 e. The lowest BCUT2D eigenvalue weighted by atomic mass is 9.98. The van der Waals surface area contributed by atoms with E-state index < -0.39 is 17.5 Å². The van der Waals surface area contributed by atoms with Gasteiger partial charge < -0.3 is 5.73 Å². The molecule has 2 rings (SSSR count). The average molecular weight is 280 g/mol. The first-order chi connectivity index (χ1) is 9.30. The second-order valence-electron chi connectivity index (χ2n) is 4.30. The Morgan fingerprint density at radius 1 is 1.25 bits per heavy atom. The molecule has 0 spiro atoms. The van der Waals surface area contributed by atoms with E-state index in [1.807, 2.05) is 0 Å². The Hall–Kier alpha value is -2.37. The van der Waals surface area contributed by atoms with Gasteiger partial charge in [-0.1, -0.05) is 12.1 Å². The summed E-state index contributed by atoms with van der Waals surface area (Å²) < 4.78 is 37.9. The third kappa shape index (κ3) is 2.64. The van der Waals surface area contributed by atoms with E-state index in [0.717, 1.165) is 12.1 Å². The van der Waals surface area contributed by atoms with Gasteiger partial charge in [0.25, 0.3) is 0 Å². The monoisotopic (exact) mass is 280 g/mol. The third-order valence-corrected chi connectivity index (χ3v) is 2.87. The van der Waals surface area contributed by atoms with Crippen molar-refractivity contribution >= 4 is 11.6 Å².